The molecule has 2 aliphatic heterocycles. The van der Waals surface area contributed by atoms with Crippen LogP contribution in [0, 0.1) is 0 Å². The van der Waals surface area contributed by atoms with Crippen molar-refractivity contribution in [3.05, 3.63) is 35.4 Å². The molecule has 0 saturated carbocycles. The van der Waals surface area contributed by atoms with Gasteiger partial charge in [0.25, 0.3) is 0 Å². The Balaban J connectivity index is 1.60. The lowest BCUT2D eigenvalue weighted by Gasteiger charge is -2.39. The summed E-state index contributed by atoms with van der Waals surface area (Å²) in [5.41, 5.74) is 0.159. The van der Waals surface area contributed by atoms with E-state index in [1.54, 1.807) is 4.31 Å². The molecular weight excluding hydrogens is 415 g/mol. The Kier molecular flexibility index (Phi) is 7.81. The molecule has 1 aromatic rings. The Bertz CT molecular complexity index is 778. The van der Waals surface area contributed by atoms with Gasteiger partial charge in [0.2, 0.25) is 10.0 Å². The monoisotopic (exact) mass is 447 g/mol. The van der Waals surface area contributed by atoms with Crippen molar-refractivity contribution in [1.29, 1.82) is 0 Å². The average Bonchev–Trinajstić information content (AvgIpc) is 2.68. The van der Waals surface area contributed by atoms with E-state index in [-0.39, 0.29) is 6.04 Å². The minimum Gasteiger partial charge on any atom is -0.302 e. The number of hydrogen-bond acceptors (Lipinski definition) is 4. The van der Waals surface area contributed by atoms with Gasteiger partial charge in [0.1, 0.15) is 0 Å². The van der Waals surface area contributed by atoms with Gasteiger partial charge < -0.3 is 4.90 Å². The molecule has 0 N–H and O–H groups in total. The summed E-state index contributed by atoms with van der Waals surface area (Å²) >= 11 is 0. The Morgan fingerprint density at radius 3 is 2.23 bits per heavy atom. The molecule has 9 heteroatoms. The molecule has 2 aliphatic rings. The lowest BCUT2D eigenvalue weighted by molar-refractivity contribution is -0.137. The first-order valence-corrected chi connectivity index (χ1v) is 12.6. The van der Waals surface area contributed by atoms with Crippen molar-refractivity contribution >= 4 is 10.0 Å². The third kappa shape index (κ3) is 6.67. The molecule has 5 nitrogen and oxygen atoms in total. The van der Waals surface area contributed by atoms with Crippen molar-refractivity contribution in [1.82, 2.24) is 14.1 Å². The highest BCUT2D eigenvalue weighted by molar-refractivity contribution is 7.88. The van der Waals surface area contributed by atoms with Gasteiger partial charge in [-0.3, -0.25) is 4.90 Å². The predicted molar refractivity (Wildman–Crippen MR) is 112 cm³/mol. The molecule has 2 fully saturated rings. The van der Waals surface area contributed by atoms with Gasteiger partial charge in [0.05, 0.1) is 11.8 Å². The van der Waals surface area contributed by atoms with E-state index < -0.39 is 21.8 Å². The Hall–Kier alpha value is -1.16. The zero-order valence-corrected chi connectivity index (χ0v) is 18.4. The largest absolute Gasteiger partial charge is 0.416 e. The van der Waals surface area contributed by atoms with Crippen LogP contribution in [0.1, 0.15) is 43.2 Å². The SMILES string of the molecule is CS(=O)(=O)N(CCN1CCCCC1)C1CCCN(Cc2ccc(C(F)(F)F)cc2)C1. The lowest BCUT2D eigenvalue weighted by Crippen LogP contribution is -2.51. The second kappa shape index (κ2) is 9.97. The summed E-state index contributed by atoms with van der Waals surface area (Å²) in [6.07, 6.45) is 2.22. The van der Waals surface area contributed by atoms with E-state index in [4.69, 9.17) is 0 Å². The first kappa shape index (κ1) is 23.5. The zero-order chi connectivity index (χ0) is 21.8. The molecule has 0 spiro atoms. The van der Waals surface area contributed by atoms with Crippen molar-refractivity contribution in [2.45, 2.75) is 50.9 Å². The number of likely N-dealkylation sites (tertiary alicyclic amines) is 2. The van der Waals surface area contributed by atoms with Gasteiger partial charge in [-0.2, -0.15) is 17.5 Å². The highest BCUT2D eigenvalue weighted by Crippen LogP contribution is 2.29. The zero-order valence-electron chi connectivity index (χ0n) is 17.6. The third-order valence-corrected chi connectivity index (χ3v) is 7.42. The maximum Gasteiger partial charge on any atom is 0.416 e. The molecule has 1 atom stereocenters. The summed E-state index contributed by atoms with van der Waals surface area (Å²) in [6, 6.07) is 5.15. The van der Waals surface area contributed by atoms with Crippen molar-refractivity contribution in [3.63, 3.8) is 0 Å². The molecule has 1 unspecified atom stereocenters. The predicted octanol–water partition coefficient (Wildman–Crippen LogP) is 3.42. The van der Waals surface area contributed by atoms with Gasteiger partial charge in [-0.15, -0.1) is 0 Å². The van der Waals surface area contributed by atoms with E-state index in [0.29, 0.717) is 19.6 Å². The summed E-state index contributed by atoms with van der Waals surface area (Å²) < 4.78 is 64.9. The highest BCUT2D eigenvalue weighted by Gasteiger charge is 2.32. The van der Waals surface area contributed by atoms with Crippen LogP contribution < -0.4 is 0 Å². The van der Waals surface area contributed by atoms with Crippen LogP contribution in [0.2, 0.25) is 0 Å². The van der Waals surface area contributed by atoms with Crippen molar-refractivity contribution in [2.24, 2.45) is 0 Å². The van der Waals surface area contributed by atoms with Gasteiger partial charge in [-0.25, -0.2) is 8.42 Å². The van der Waals surface area contributed by atoms with Crippen LogP contribution in [0.25, 0.3) is 0 Å². The maximum absolute atomic E-state index is 12.8. The molecule has 0 amide bonds. The summed E-state index contributed by atoms with van der Waals surface area (Å²) in [5, 5.41) is 0. The Morgan fingerprint density at radius 2 is 1.63 bits per heavy atom. The number of nitrogens with zero attached hydrogens (tertiary/aromatic N) is 3. The van der Waals surface area contributed by atoms with Gasteiger partial charge in [0.15, 0.2) is 0 Å². The number of halogens is 3. The minimum atomic E-state index is -4.33. The first-order chi connectivity index (χ1) is 14.1. The van der Waals surface area contributed by atoms with Gasteiger partial charge in [-0.1, -0.05) is 18.6 Å². The van der Waals surface area contributed by atoms with Crippen molar-refractivity contribution in [2.75, 3.05) is 45.5 Å². The second-order valence-corrected chi connectivity index (χ2v) is 10.4. The minimum absolute atomic E-state index is 0.0898. The molecule has 170 valence electrons. The van der Waals surface area contributed by atoms with E-state index in [1.165, 1.54) is 37.7 Å². The number of alkyl halides is 3. The van der Waals surface area contributed by atoms with Crippen LogP contribution in [0.15, 0.2) is 24.3 Å². The van der Waals surface area contributed by atoms with Crippen molar-refractivity contribution in [3.8, 4) is 0 Å². The molecule has 0 aliphatic carbocycles. The van der Waals surface area contributed by atoms with E-state index in [0.717, 1.165) is 56.7 Å². The fraction of sp³-hybridized carbons (Fsp3) is 0.714. The van der Waals surface area contributed by atoms with E-state index >= 15 is 0 Å². The molecule has 2 saturated heterocycles. The number of hydrogen-bond donors (Lipinski definition) is 0. The lowest BCUT2D eigenvalue weighted by atomic mass is 10.0. The van der Waals surface area contributed by atoms with E-state index in [1.807, 2.05) is 0 Å². The number of rotatable bonds is 7. The van der Waals surface area contributed by atoms with Crippen LogP contribution in [0.3, 0.4) is 0 Å². The molecular formula is C21H32F3N3O2S. The van der Waals surface area contributed by atoms with Crippen LogP contribution in [0.4, 0.5) is 13.2 Å². The average molecular weight is 448 g/mol. The summed E-state index contributed by atoms with van der Waals surface area (Å²) in [7, 11) is -3.33. The fourth-order valence-electron chi connectivity index (χ4n) is 4.51. The molecule has 2 heterocycles. The number of piperidine rings is 2. The van der Waals surface area contributed by atoms with Crippen molar-refractivity contribution < 1.29 is 21.6 Å². The summed E-state index contributed by atoms with van der Waals surface area (Å²) in [4.78, 5) is 4.49. The quantitative estimate of drug-likeness (QED) is 0.643. The molecule has 1 aromatic carbocycles. The normalized spacial score (nSPS) is 22.5. The molecule has 30 heavy (non-hydrogen) atoms. The molecule has 3 rings (SSSR count). The molecule has 0 aromatic heterocycles. The number of sulfonamides is 1. The van der Waals surface area contributed by atoms with Crippen LogP contribution >= 0.6 is 0 Å². The maximum atomic E-state index is 12.8. The van der Waals surface area contributed by atoms with Gasteiger partial charge >= 0.3 is 6.18 Å². The fourth-order valence-corrected chi connectivity index (χ4v) is 5.64. The molecule has 0 bridgehead atoms. The van der Waals surface area contributed by atoms with Crippen LogP contribution in [-0.4, -0.2) is 74.1 Å². The van der Waals surface area contributed by atoms with E-state index in [2.05, 4.69) is 9.80 Å². The van der Waals surface area contributed by atoms with Crippen LogP contribution in [0.5, 0.6) is 0 Å². The topological polar surface area (TPSA) is 43.9 Å². The summed E-state index contributed by atoms with van der Waals surface area (Å²) in [5.74, 6) is 0. The van der Waals surface area contributed by atoms with Gasteiger partial charge in [0, 0.05) is 32.2 Å². The highest BCUT2D eigenvalue weighted by atomic mass is 32.2. The standard InChI is InChI=1S/C21H32F3N3O2S/c1-30(28,29)27(15-14-25-11-3-2-4-12-25)20-6-5-13-26(17-20)16-18-7-9-19(10-8-18)21(22,23)24/h7-10,20H,2-6,11-17H2,1H3. The Labute approximate surface area is 177 Å². The smallest absolute Gasteiger partial charge is 0.302 e. The summed E-state index contributed by atoms with van der Waals surface area (Å²) in [6.45, 7) is 5.26. The second-order valence-electron chi connectivity index (χ2n) is 8.50. The van der Waals surface area contributed by atoms with Gasteiger partial charge in [-0.05, 0) is 63.0 Å². The Morgan fingerprint density at radius 1 is 1.00 bits per heavy atom. The van der Waals surface area contributed by atoms with Crippen LogP contribution in [-0.2, 0) is 22.7 Å². The first-order valence-electron chi connectivity index (χ1n) is 10.7. The van der Waals surface area contributed by atoms with E-state index in [9.17, 15) is 21.6 Å². The molecule has 0 radical (unpaired) electrons. The number of benzene rings is 1. The third-order valence-electron chi connectivity index (χ3n) is 6.09.